The van der Waals surface area contributed by atoms with E-state index in [2.05, 4.69) is 5.32 Å². The second-order valence-corrected chi connectivity index (χ2v) is 5.92. The maximum atomic E-state index is 12.8. The van der Waals surface area contributed by atoms with Gasteiger partial charge >= 0.3 is 0 Å². The molecule has 1 aliphatic heterocycles. The first-order chi connectivity index (χ1) is 11.7. The van der Waals surface area contributed by atoms with Gasteiger partial charge in [0.25, 0.3) is 5.91 Å². The lowest BCUT2D eigenvalue weighted by Gasteiger charge is -2.21. The molecule has 0 saturated carbocycles. The molecule has 0 aromatic heterocycles. The van der Waals surface area contributed by atoms with Gasteiger partial charge in [0.05, 0.1) is 11.3 Å². The number of carbonyl (C=O) groups excluding carboxylic acids is 3. The number of ketones is 2. The highest BCUT2D eigenvalue weighted by atomic mass is 16.5. The van der Waals surface area contributed by atoms with Crippen molar-refractivity contribution in [1.29, 1.82) is 0 Å². The van der Waals surface area contributed by atoms with Gasteiger partial charge in [-0.15, -0.1) is 0 Å². The zero-order chi connectivity index (χ0) is 16.7. The molecule has 0 unspecified atom stereocenters. The van der Waals surface area contributed by atoms with E-state index in [1.54, 1.807) is 42.5 Å². The Morgan fingerprint density at radius 3 is 2.38 bits per heavy atom. The molecule has 1 amide bonds. The van der Waals surface area contributed by atoms with Gasteiger partial charge < -0.3 is 10.1 Å². The summed E-state index contributed by atoms with van der Waals surface area (Å²) in [4.78, 5) is 37.8. The second kappa shape index (κ2) is 5.69. The Morgan fingerprint density at radius 1 is 0.958 bits per heavy atom. The standard InChI is InChI=1S/C19H15NO4/c21-17-11-5-1-2-6-12(11)18(22)16-13(17)7-3-8-14(16)20-19(23)15-9-4-10-24-15/h1-3,5-8,15H,4,9-10H2,(H,20,23)/t15-/m1/s1. The zero-order valence-corrected chi connectivity index (χ0v) is 12.9. The van der Waals surface area contributed by atoms with Crippen LogP contribution in [0.3, 0.4) is 0 Å². The summed E-state index contributed by atoms with van der Waals surface area (Å²) >= 11 is 0. The highest BCUT2D eigenvalue weighted by Gasteiger charge is 2.32. The van der Waals surface area contributed by atoms with Gasteiger partial charge in [-0.25, -0.2) is 0 Å². The molecule has 1 fully saturated rings. The monoisotopic (exact) mass is 321 g/mol. The Morgan fingerprint density at radius 2 is 1.67 bits per heavy atom. The van der Waals surface area contributed by atoms with Crippen molar-refractivity contribution >= 4 is 23.2 Å². The molecule has 0 radical (unpaired) electrons. The van der Waals surface area contributed by atoms with Gasteiger partial charge in [0, 0.05) is 23.3 Å². The fraction of sp³-hybridized carbons (Fsp3) is 0.211. The highest BCUT2D eigenvalue weighted by Crippen LogP contribution is 2.32. The number of fused-ring (bicyclic) bond motifs is 2. The van der Waals surface area contributed by atoms with Crippen LogP contribution in [0.1, 0.15) is 44.7 Å². The molecule has 2 aliphatic rings. The maximum Gasteiger partial charge on any atom is 0.253 e. The molecule has 2 aromatic carbocycles. The molecule has 24 heavy (non-hydrogen) atoms. The molecule has 0 bridgehead atoms. The molecule has 0 spiro atoms. The third-order valence-corrected chi connectivity index (χ3v) is 4.43. The summed E-state index contributed by atoms with van der Waals surface area (Å²) in [5, 5.41) is 2.76. The van der Waals surface area contributed by atoms with Crippen molar-refractivity contribution in [3.8, 4) is 0 Å². The van der Waals surface area contributed by atoms with E-state index in [1.165, 1.54) is 0 Å². The number of carbonyl (C=O) groups is 3. The minimum atomic E-state index is -0.498. The number of rotatable bonds is 2. The van der Waals surface area contributed by atoms with Gasteiger partial charge in [-0.1, -0.05) is 36.4 Å². The number of anilines is 1. The summed E-state index contributed by atoms with van der Waals surface area (Å²) in [5.74, 6) is -0.725. The fourth-order valence-corrected chi connectivity index (χ4v) is 3.25. The molecule has 1 N–H and O–H groups in total. The molecule has 5 heteroatoms. The van der Waals surface area contributed by atoms with E-state index in [0.29, 0.717) is 35.4 Å². The van der Waals surface area contributed by atoms with Crippen molar-refractivity contribution in [3.05, 3.63) is 64.7 Å². The quantitative estimate of drug-likeness (QED) is 0.787. The first kappa shape index (κ1) is 14.8. The molecule has 1 saturated heterocycles. The average molecular weight is 321 g/mol. The Labute approximate surface area is 138 Å². The molecule has 5 nitrogen and oxygen atoms in total. The molecule has 2 aromatic rings. The van der Waals surface area contributed by atoms with E-state index < -0.39 is 6.10 Å². The number of amides is 1. The Bertz CT molecular complexity index is 865. The topological polar surface area (TPSA) is 72.5 Å². The molecular weight excluding hydrogens is 306 g/mol. The molecule has 1 aliphatic carbocycles. The van der Waals surface area contributed by atoms with Crippen molar-refractivity contribution in [1.82, 2.24) is 0 Å². The molecule has 1 heterocycles. The van der Waals surface area contributed by atoms with Gasteiger partial charge in [0.2, 0.25) is 0 Å². The van der Waals surface area contributed by atoms with E-state index in [-0.39, 0.29) is 23.0 Å². The number of hydrogen-bond donors (Lipinski definition) is 1. The summed E-state index contributed by atoms with van der Waals surface area (Å²) in [6.45, 7) is 0.565. The summed E-state index contributed by atoms with van der Waals surface area (Å²) in [7, 11) is 0. The normalized spacial score (nSPS) is 18.9. The van der Waals surface area contributed by atoms with Crippen LogP contribution in [0.25, 0.3) is 0 Å². The summed E-state index contributed by atoms with van der Waals surface area (Å²) in [6, 6.07) is 11.7. The fourth-order valence-electron chi connectivity index (χ4n) is 3.25. The number of benzene rings is 2. The SMILES string of the molecule is O=C1c2ccccc2C(=O)c2c(NC(=O)[C@H]3CCCO3)cccc21. The van der Waals surface area contributed by atoms with E-state index in [0.717, 1.165) is 6.42 Å². The number of hydrogen-bond acceptors (Lipinski definition) is 4. The van der Waals surface area contributed by atoms with Gasteiger partial charge in [-0.05, 0) is 18.9 Å². The Kier molecular flexibility index (Phi) is 3.50. The Balaban J connectivity index is 1.75. The smallest absolute Gasteiger partial charge is 0.253 e. The van der Waals surface area contributed by atoms with Crippen molar-refractivity contribution in [3.63, 3.8) is 0 Å². The first-order valence-corrected chi connectivity index (χ1v) is 7.91. The highest BCUT2D eigenvalue weighted by molar-refractivity contribution is 6.30. The third-order valence-electron chi connectivity index (χ3n) is 4.43. The van der Waals surface area contributed by atoms with E-state index in [9.17, 15) is 14.4 Å². The molecule has 1 atom stereocenters. The van der Waals surface area contributed by atoms with Crippen LogP contribution in [-0.4, -0.2) is 30.2 Å². The van der Waals surface area contributed by atoms with Crippen LogP contribution in [0.4, 0.5) is 5.69 Å². The lowest BCUT2D eigenvalue weighted by Crippen LogP contribution is -2.29. The molecule has 4 rings (SSSR count). The van der Waals surface area contributed by atoms with Gasteiger partial charge in [0.1, 0.15) is 6.10 Å². The minimum Gasteiger partial charge on any atom is -0.368 e. The van der Waals surface area contributed by atoms with Crippen molar-refractivity contribution in [2.45, 2.75) is 18.9 Å². The summed E-state index contributed by atoms with van der Waals surface area (Å²) in [5.41, 5.74) is 1.71. The number of ether oxygens (including phenoxy) is 1. The third kappa shape index (κ3) is 2.25. The lowest BCUT2D eigenvalue weighted by atomic mass is 9.83. The lowest BCUT2D eigenvalue weighted by molar-refractivity contribution is -0.124. The van der Waals surface area contributed by atoms with Crippen molar-refractivity contribution < 1.29 is 19.1 Å². The van der Waals surface area contributed by atoms with E-state index in [1.807, 2.05) is 0 Å². The average Bonchev–Trinajstić information content (AvgIpc) is 3.14. The molecular formula is C19H15NO4. The van der Waals surface area contributed by atoms with Crippen LogP contribution >= 0.6 is 0 Å². The predicted octanol–water partition coefficient (Wildman–Crippen LogP) is 2.58. The number of nitrogens with one attached hydrogen (secondary N) is 1. The van der Waals surface area contributed by atoms with Crippen LogP contribution < -0.4 is 5.32 Å². The van der Waals surface area contributed by atoms with Crippen LogP contribution in [0.5, 0.6) is 0 Å². The first-order valence-electron chi connectivity index (χ1n) is 7.91. The summed E-state index contributed by atoms with van der Waals surface area (Å²) in [6.07, 6.45) is 1.01. The van der Waals surface area contributed by atoms with Gasteiger partial charge in [0.15, 0.2) is 11.6 Å². The maximum absolute atomic E-state index is 12.8. The van der Waals surface area contributed by atoms with Gasteiger partial charge in [-0.3, -0.25) is 14.4 Å². The largest absolute Gasteiger partial charge is 0.368 e. The van der Waals surface area contributed by atoms with E-state index in [4.69, 9.17) is 4.74 Å². The van der Waals surface area contributed by atoms with Crippen LogP contribution in [0, 0.1) is 0 Å². The predicted molar refractivity (Wildman–Crippen MR) is 87.4 cm³/mol. The van der Waals surface area contributed by atoms with Crippen LogP contribution in [-0.2, 0) is 9.53 Å². The van der Waals surface area contributed by atoms with Gasteiger partial charge in [-0.2, -0.15) is 0 Å². The second-order valence-electron chi connectivity index (χ2n) is 5.92. The Hall–Kier alpha value is -2.79. The van der Waals surface area contributed by atoms with Crippen LogP contribution in [0.2, 0.25) is 0 Å². The summed E-state index contributed by atoms with van der Waals surface area (Å²) < 4.78 is 5.37. The van der Waals surface area contributed by atoms with E-state index >= 15 is 0 Å². The zero-order valence-electron chi connectivity index (χ0n) is 12.9. The minimum absolute atomic E-state index is 0.201. The van der Waals surface area contributed by atoms with Crippen molar-refractivity contribution in [2.24, 2.45) is 0 Å². The van der Waals surface area contributed by atoms with Crippen LogP contribution in [0.15, 0.2) is 42.5 Å². The van der Waals surface area contributed by atoms with Crippen molar-refractivity contribution in [2.75, 3.05) is 11.9 Å². The molecule has 120 valence electrons.